The second-order valence-corrected chi connectivity index (χ2v) is 6.61. The van der Waals surface area contributed by atoms with E-state index >= 15 is 0 Å². The largest absolute Gasteiger partial charge is 0.357 e. The molecule has 2 N–H and O–H groups in total. The maximum absolute atomic E-state index is 4.65. The van der Waals surface area contributed by atoms with E-state index in [0.717, 1.165) is 37.7 Å². The molecule has 0 saturated heterocycles. The van der Waals surface area contributed by atoms with Crippen LogP contribution in [0.1, 0.15) is 31.5 Å². The minimum atomic E-state index is 0. The topological polar surface area (TPSA) is 57.5 Å². The molecule has 0 fully saturated rings. The zero-order valence-electron chi connectivity index (χ0n) is 16.9. The Morgan fingerprint density at radius 2 is 1.96 bits per heavy atom. The summed E-state index contributed by atoms with van der Waals surface area (Å²) in [5, 5.41) is 10.9. The third kappa shape index (κ3) is 8.30. The molecule has 0 aliphatic rings. The standard InChI is InChI=1S/C20H32N6.HI/c1-5-21-20(23-15-19-12-14-24-26(19)4)22-13-11-17(2)25(3)16-18-9-7-6-8-10-18;/h6-10,12,14,17H,5,11,13,15-16H2,1-4H3,(H2,21,22,23);1H. The first kappa shape index (κ1) is 23.4. The van der Waals surface area contributed by atoms with Crippen molar-refractivity contribution < 1.29 is 0 Å². The van der Waals surface area contributed by atoms with E-state index < -0.39 is 0 Å². The number of aliphatic imine (C=N–C) groups is 1. The van der Waals surface area contributed by atoms with Crippen molar-refractivity contribution >= 4 is 29.9 Å². The maximum Gasteiger partial charge on any atom is 0.191 e. The Balaban J connectivity index is 0.00000364. The molecule has 2 aromatic rings. The summed E-state index contributed by atoms with van der Waals surface area (Å²) in [6.45, 7) is 7.67. The number of nitrogens with zero attached hydrogens (tertiary/aromatic N) is 4. The second-order valence-electron chi connectivity index (χ2n) is 6.61. The van der Waals surface area contributed by atoms with Crippen molar-refractivity contribution in [3.8, 4) is 0 Å². The molecule has 0 aliphatic heterocycles. The molecular weight excluding hydrogens is 451 g/mol. The number of rotatable bonds is 9. The van der Waals surface area contributed by atoms with Crippen LogP contribution in [0.5, 0.6) is 0 Å². The van der Waals surface area contributed by atoms with Gasteiger partial charge in [0.05, 0.1) is 12.2 Å². The SMILES string of the molecule is CCNC(=NCc1ccnn1C)NCCC(C)N(C)Cc1ccccc1.I. The highest BCUT2D eigenvalue weighted by Gasteiger charge is 2.10. The van der Waals surface area contributed by atoms with Crippen molar-refractivity contribution in [1.29, 1.82) is 0 Å². The molecule has 0 saturated carbocycles. The molecule has 0 bridgehead atoms. The molecule has 1 aromatic heterocycles. The number of hydrogen-bond acceptors (Lipinski definition) is 3. The molecule has 1 heterocycles. The summed E-state index contributed by atoms with van der Waals surface area (Å²) in [6, 6.07) is 13.1. The summed E-state index contributed by atoms with van der Waals surface area (Å²) < 4.78 is 1.85. The molecule has 6 nitrogen and oxygen atoms in total. The average molecular weight is 484 g/mol. The van der Waals surface area contributed by atoms with Crippen LogP contribution < -0.4 is 10.6 Å². The normalized spacial score (nSPS) is 12.6. The minimum Gasteiger partial charge on any atom is -0.357 e. The third-order valence-corrected chi connectivity index (χ3v) is 4.55. The highest BCUT2D eigenvalue weighted by Crippen LogP contribution is 2.07. The monoisotopic (exact) mass is 484 g/mol. The van der Waals surface area contributed by atoms with Crippen molar-refractivity contribution in [2.45, 2.75) is 39.4 Å². The zero-order chi connectivity index (χ0) is 18.8. The highest BCUT2D eigenvalue weighted by atomic mass is 127. The van der Waals surface area contributed by atoms with Gasteiger partial charge in [-0.25, -0.2) is 4.99 Å². The van der Waals surface area contributed by atoms with Gasteiger partial charge in [-0.05, 0) is 38.9 Å². The van der Waals surface area contributed by atoms with Gasteiger partial charge in [-0.15, -0.1) is 24.0 Å². The van der Waals surface area contributed by atoms with Gasteiger partial charge >= 0.3 is 0 Å². The predicted octanol–water partition coefficient (Wildman–Crippen LogP) is 3.00. The summed E-state index contributed by atoms with van der Waals surface area (Å²) in [4.78, 5) is 7.03. The van der Waals surface area contributed by atoms with Crippen LogP contribution >= 0.6 is 24.0 Å². The van der Waals surface area contributed by atoms with Gasteiger partial charge in [0.25, 0.3) is 0 Å². The lowest BCUT2D eigenvalue weighted by atomic mass is 10.1. The molecular formula is C20H33IN6. The van der Waals surface area contributed by atoms with E-state index in [-0.39, 0.29) is 24.0 Å². The van der Waals surface area contributed by atoms with Gasteiger partial charge in [0.2, 0.25) is 0 Å². The Morgan fingerprint density at radius 3 is 2.59 bits per heavy atom. The maximum atomic E-state index is 4.65. The molecule has 150 valence electrons. The Bertz CT molecular complexity index is 670. The lowest BCUT2D eigenvalue weighted by Crippen LogP contribution is -2.40. The molecule has 2 rings (SSSR count). The van der Waals surface area contributed by atoms with Crippen molar-refractivity contribution in [2.75, 3.05) is 20.1 Å². The summed E-state index contributed by atoms with van der Waals surface area (Å²) in [5.74, 6) is 0.853. The molecule has 27 heavy (non-hydrogen) atoms. The van der Waals surface area contributed by atoms with Crippen molar-refractivity contribution in [3.63, 3.8) is 0 Å². The van der Waals surface area contributed by atoms with Crippen LogP contribution in [-0.4, -0.2) is 46.8 Å². The fourth-order valence-corrected chi connectivity index (χ4v) is 2.71. The second kappa shape index (κ2) is 12.7. The molecule has 1 unspecified atom stereocenters. The van der Waals surface area contributed by atoms with E-state index in [1.165, 1.54) is 5.56 Å². The number of benzene rings is 1. The van der Waals surface area contributed by atoms with Gasteiger partial charge in [0.15, 0.2) is 5.96 Å². The predicted molar refractivity (Wildman–Crippen MR) is 123 cm³/mol. The van der Waals surface area contributed by atoms with Crippen LogP contribution in [0.25, 0.3) is 0 Å². The van der Waals surface area contributed by atoms with E-state index in [0.29, 0.717) is 12.6 Å². The van der Waals surface area contributed by atoms with E-state index in [1.54, 1.807) is 6.20 Å². The minimum absolute atomic E-state index is 0. The van der Waals surface area contributed by atoms with Gasteiger partial charge in [0, 0.05) is 38.9 Å². The van der Waals surface area contributed by atoms with Crippen molar-refractivity contribution in [3.05, 3.63) is 53.9 Å². The quantitative estimate of drug-likeness (QED) is 0.327. The van der Waals surface area contributed by atoms with E-state index in [9.17, 15) is 0 Å². The van der Waals surface area contributed by atoms with Crippen molar-refractivity contribution in [2.24, 2.45) is 12.0 Å². The van der Waals surface area contributed by atoms with Crippen LogP contribution in [0.15, 0.2) is 47.6 Å². The number of halogens is 1. The Morgan fingerprint density at radius 1 is 1.22 bits per heavy atom. The molecule has 0 amide bonds. The average Bonchev–Trinajstić information content (AvgIpc) is 3.05. The molecule has 7 heteroatoms. The Hall–Kier alpha value is -1.61. The summed E-state index contributed by atoms with van der Waals surface area (Å²) >= 11 is 0. The molecule has 0 radical (unpaired) electrons. The fourth-order valence-electron chi connectivity index (χ4n) is 2.71. The van der Waals surface area contributed by atoms with Crippen LogP contribution in [0.3, 0.4) is 0 Å². The molecule has 0 spiro atoms. The highest BCUT2D eigenvalue weighted by molar-refractivity contribution is 14.0. The van der Waals surface area contributed by atoms with E-state index in [4.69, 9.17) is 0 Å². The number of hydrogen-bond donors (Lipinski definition) is 2. The first-order valence-corrected chi connectivity index (χ1v) is 9.33. The first-order valence-electron chi connectivity index (χ1n) is 9.33. The number of nitrogens with one attached hydrogen (secondary N) is 2. The van der Waals surface area contributed by atoms with Gasteiger partial charge in [-0.1, -0.05) is 30.3 Å². The summed E-state index contributed by atoms with van der Waals surface area (Å²) in [5.41, 5.74) is 2.44. The van der Waals surface area contributed by atoms with Crippen LogP contribution in [0, 0.1) is 0 Å². The van der Waals surface area contributed by atoms with Crippen LogP contribution in [0.4, 0.5) is 0 Å². The number of aryl methyl sites for hydroxylation is 1. The molecule has 0 aliphatic carbocycles. The van der Waals surface area contributed by atoms with Crippen molar-refractivity contribution in [1.82, 2.24) is 25.3 Å². The van der Waals surface area contributed by atoms with E-state index in [1.807, 2.05) is 17.8 Å². The number of aromatic nitrogens is 2. The molecule has 1 aromatic carbocycles. The third-order valence-electron chi connectivity index (χ3n) is 4.55. The van der Waals surface area contributed by atoms with Gasteiger partial charge in [-0.2, -0.15) is 5.10 Å². The lowest BCUT2D eigenvalue weighted by Gasteiger charge is -2.25. The first-order chi connectivity index (χ1) is 12.6. The lowest BCUT2D eigenvalue weighted by molar-refractivity contribution is 0.238. The van der Waals surface area contributed by atoms with Crippen LogP contribution in [-0.2, 0) is 20.1 Å². The summed E-state index contributed by atoms with van der Waals surface area (Å²) in [7, 11) is 4.12. The zero-order valence-corrected chi connectivity index (χ0v) is 19.2. The van der Waals surface area contributed by atoms with Gasteiger partial charge in [0.1, 0.15) is 0 Å². The summed E-state index contributed by atoms with van der Waals surface area (Å²) in [6.07, 6.45) is 2.86. The van der Waals surface area contributed by atoms with E-state index in [2.05, 4.69) is 76.9 Å². The van der Waals surface area contributed by atoms with Gasteiger partial charge < -0.3 is 10.6 Å². The Kier molecular flexibility index (Phi) is 11.0. The smallest absolute Gasteiger partial charge is 0.191 e. The fraction of sp³-hybridized carbons (Fsp3) is 0.500. The Labute approximate surface area is 180 Å². The molecule has 1 atom stereocenters. The van der Waals surface area contributed by atoms with Crippen LogP contribution in [0.2, 0.25) is 0 Å². The van der Waals surface area contributed by atoms with Gasteiger partial charge in [-0.3, -0.25) is 9.58 Å². The number of guanidine groups is 1.